The van der Waals surface area contributed by atoms with Crippen molar-refractivity contribution in [1.29, 1.82) is 0 Å². The minimum atomic E-state index is -4.37. The highest BCUT2D eigenvalue weighted by Gasteiger charge is 2.32. The molecule has 0 saturated carbocycles. The number of ether oxygens (including phenoxy) is 1. The van der Waals surface area contributed by atoms with Crippen molar-refractivity contribution < 1.29 is 27.2 Å². The molecule has 1 atom stereocenters. The van der Waals surface area contributed by atoms with Gasteiger partial charge in [0.05, 0.1) is 18.8 Å². The monoisotopic (exact) mass is 383 g/mol. The molecule has 1 aliphatic rings. The smallest absolute Gasteiger partial charge is 0.377 e. The van der Waals surface area contributed by atoms with Crippen LogP contribution in [0.3, 0.4) is 0 Å². The van der Waals surface area contributed by atoms with E-state index in [1.165, 1.54) is 6.07 Å². The van der Waals surface area contributed by atoms with Crippen molar-refractivity contribution in [3.63, 3.8) is 0 Å². The maximum Gasteiger partial charge on any atom is 0.416 e. The summed E-state index contributed by atoms with van der Waals surface area (Å²) in [6, 6.07) is 4.76. The van der Waals surface area contributed by atoms with Crippen LogP contribution in [0.1, 0.15) is 41.7 Å². The van der Waals surface area contributed by atoms with Crippen LogP contribution >= 0.6 is 0 Å². The zero-order valence-corrected chi connectivity index (χ0v) is 14.8. The fraction of sp³-hybridized carbons (Fsp3) is 0.500. The summed E-state index contributed by atoms with van der Waals surface area (Å²) in [4.78, 5) is 18.4. The second-order valence-corrected chi connectivity index (χ2v) is 6.41. The molecule has 2 heterocycles. The fourth-order valence-electron chi connectivity index (χ4n) is 3.05. The molecule has 0 bridgehead atoms. The number of aryl methyl sites for hydroxylation is 2. The highest BCUT2D eigenvalue weighted by atomic mass is 19.4. The Morgan fingerprint density at radius 2 is 2.19 bits per heavy atom. The van der Waals surface area contributed by atoms with E-state index in [1.807, 2.05) is 0 Å². The van der Waals surface area contributed by atoms with Gasteiger partial charge in [0.2, 0.25) is 5.91 Å². The Kier molecular flexibility index (Phi) is 5.79. The molecule has 0 radical (unpaired) electrons. The number of carbonyl (C=O) groups excluding carboxylic acids is 1. The first kappa shape index (κ1) is 19.3. The Morgan fingerprint density at radius 3 is 2.89 bits per heavy atom. The van der Waals surface area contributed by atoms with E-state index in [0.717, 1.165) is 12.1 Å². The van der Waals surface area contributed by atoms with Crippen LogP contribution in [0.25, 0.3) is 0 Å². The number of amides is 1. The summed E-state index contributed by atoms with van der Waals surface area (Å²) in [5, 5.41) is 3.74. The van der Waals surface area contributed by atoms with E-state index in [9.17, 15) is 18.0 Å². The Morgan fingerprint density at radius 1 is 1.37 bits per heavy atom. The Bertz CT molecular complexity index is 791. The van der Waals surface area contributed by atoms with Crippen LogP contribution in [0.4, 0.5) is 13.2 Å². The molecule has 1 saturated heterocycles. The molecule has 1 aliphatic heterocycles. The van der Waals surface area contributed by atoms with Gasteiger partial charge < -0.3 is 14.2 Å². The van der Waals surface area contributed by atoms with Gasteiger partial charge in [0, 0.05) is 13.0 Å². The van der Waals surface area contributed by atoms with Crippen LogP contribution < -0.4 is 0 Å². The first-order chi connectivity index (χ1) is 12.8. The third-order valence-electron chi connectivity index (χ3n) is 4.39. The average Bonchev–Trinajstić information content (AvgIpc) is 3.07. The molecule has 1 fully saturated rings. The third-order valence-corrected chi connectivity index (χ3v) is 4.39. The number of benzene rings is 1. The summed E-state index contributed by atoms with van der Waals surface area (Å²) in [7, 11) is 0. The Labute approximate surface area is 154 Å². The van der Waals surface area contributed by atoms with Crippen molar-refractivity contribution in [2.45, 2.75) is 38.4 Å². The minimum absolute atomic E-state index is 0.105. The van der Waals surface area contributed by atoms with Gasteiger partial charge in [-0.3, -0.25) is 4.79 Å². The van der Waals surface area contributed by atoms with E-state index >= 15 is 0 Å². The normalized spacial score (nSPS) is 17.9. The summed E-state index contributed by atoms with van der Waals surface area (Å²) < 4.78 is 48.9. The molecule has 1 aromatic heterocycles. The fourth-order valence-corrected chi connectivity index (χ4v) is 3.05. The summed E-state index contributed by atoms with van der Waals surface area (Å²) >= 11 is 0. The SMILES string of the molecule is Cc1noc([C@@H]2COCCN2C(=O)CCCc2cccc(C(F)(F)F)c2)n1. The molecule has 146 valence electrons. The number of rotatable bonds is 5. The van der Waals surface area contributed by atoms with Crippen LogP contribution in [-0.2, 0) is 22.1 Å². The van der Waals surface area contributed by atoms with Gasteiger partial charge in [-0.05, 0) is 31.4 Å². The molecule has 9 heteroatoms. The summed E-state index contributed by atoms with van der Waals surface area (Å²) in [6.07, 6.45) is -3.30. The lowest BCUT2D eigenvalue weighted by atomic mass is 10.0. The van der Waals surface area contributed by atoms with Crippen LogP contribution in [-0.4, -0.2) is 40.7 Å². The summed E-state index contributed by atoms with van der Waals surface area (Å²) in [6.45, 7) is 2.80. The zero-order chi connectivity index (χ0) is 19.4. The number of hydrogen-bond acceptors (Lipinski definition) is 5. The second kappa shape index (κ2) is 8.08. The molecule has 0 aliphatic carbocycles. The predicted molar refractivity (Wildman–Crippen MR) is 88.7 cm³/mol. The molecule has 1 aromatic carbocycles. The Balaban J connectivity index is 1.58. The molecule has 2 aromatic rings. The largest absolute Gasteiger partial charge is 0.416 e. The topological polar surface area (TPSA) is 68.5 Å². The molecule has 6 nitrogen and oxygen atoms in total. The van der Waals surface area contributed by atoms with E-state index in [4.69, 9.17) is 9.26 Å². The van der Waals surface area contributed by atoms with Crippen LogP contribution in [0.5, 0.6) is 0 Å². The van der Waals surface area contributed by atoms with Gasteiger partial charge >= 0.3 is 6.18 Å². The number of nitrogens with zero attached hydrogens (tertiary/aromatic N) is 3. The van der Waals surface area contributed by atoms with Crippen molar-refractivity contribution in [3.05, 3.63) is 47.1 Å². The third kappa shape index (κ3) is 4.85. The molecule has 0 unspecified atom stereocenters. The van der Waals surface area contributed by atoms with Crippen molar-refractivity contribution in [1.82, 2.24) is 15.0 Å². The van der Waals surface area contributed by atoms with Gasteiger partial charge in [0.15, 0.2) is 5.82 Å². The van der Waals surface area contributed by atoms with Crippen molar-refractivity contribution in [2.75, 3.05) is 19.8 Å². The standard InChI is InChI=1S/C18H20F3N3O3/c1-12-22-17(27-23-12)15-11-26-9-8-24(15)16(25)7-3-5-13-4-2-6-14(10-13)18(19,20)21/h2,4,6,10,15H,3,5,7-9,11H2,1H3/t15-/m0/s1. The Hall–Kier alpha value is -2.42. The highest BCUT2D eigenvalue weighted by molar-refractivity contribution is 5.76. The van der Waals surface area contributed by atoms with E-state index in [1.54, 1.807) is 17.9 Å². The van der Waals surface area contributed by atoms with E-state index in [0.29, 0.717) is 43.3 Å². The molecular weight excluding hydrogens is 363 g/mol. The molecule has 0 spiro atoms. The summed E-state index contributed by atoms with van der Waals surface area (Å²) in [5.74, 6) is 0.706. The molecular formula is C18H20F3N3O3. The van der Waals surface area contributed by atoms with Gasteiger partial charge in [0.1, 0.15) is 6.04 Å². The highest BCUT2D eigenvalue weighted by Crippen LogP contribution is 2.30. The number of carbonyl (C=O) groups is 1. The lowest BCUT2D eigenvalue weighted by Gasteiger charge is -2.33. The van der Waals surface area contributed by atoms with Crippen molar-refractivity contribution >= 4 is 5.91 Å². The molecule has 3 rings (SSSR count). The van der Waals surface area contributed by atoms with Crippen molar-refractivity contribution in [2.24, 2.45) is 0 Å². The molecule has 0 N–H and O–H groups in total. The maximum absolute atomic E-state index is 12.8. The van der Waals surface area contributed by atoms with Gasteiger partial charge in [-0.25, -0.2) is 0 Å². The van der Waals surface area contributed by atoms with Crippen LogP contribution in [0.15, 0.2) is 28.8 Å². The van der Waals surface area contributed by atoms with Gasteiger partial charge in [0.25, 0.3) is 5.89 Å². The lowest BCUT2D eigenvalue weighted by molar-refractivity contribution is -0.141. The number of halogens is 3. The minimum Gasteiger partial charge on any atom is -0.377 e. The summed E-state index contributed by atoms with van der Waals surface area (Å²) in [5.41, 5.74) is -0.116. The zero-order valence-electron chi connectivity index (χ0n) is 14.8. The molecule has 27 heavy (non-hydrogen) atoms. The molecule has 1 amide bonds. The van der Waals surface area contributed by atoms with E-state index < -0.39 is 17.8 Å². The van der Waals surface area contributed by atoms with Gasteiger partial charge in [-0.2, -0.15) is 18.2 Å². The number of alkyl halides is 3. The second-order valence-electron chi connectivity index (χ2n) is 6.41. The van der Waals surface area contributed by atoms with E-state index in [-0.39, 0.29) is 18.9 Å². The number of aromatic nitrogens is 2. The number of hydrogen-bond donors (Lipinski definition) is 0. The maximum atomic E-state index is 12.8. The lowest BCUT2D eigenvalue weighted by Crippen LogP contribution is -2.43. The first-order valence-electron chi connectivity index (χ1n) is 8.68. The number of morpholine rings is 1. The quantitative estimate of drug-likeness (QED) is 0.792. The van der Waals surface area contributed by atoms with Crippen LogP contribution in [0, 0.1) is 6.92 Å². The van der Waals surface area contributed by atoms with Crippen molar-refractivity contribution in [3.8, 4) is 0 Å². The van der Waals surface area contributed by atoms with Gasteiger partial charge in [-0.1, -0.05) is 23.4 Å². The average molecular weight is 383 g/mol. The van der Waals surface area contributed by atoms with Gasteiger partial charge in [-0.15, -0.1) is 0 Å². The van der Waals surface area contributed by atoms with Crippen LogP contribution in [0.2, 0.25) is 0 Å². The predicted octanol–water partition coefficient (Wildman–Crippen LogP) is 3.32. The van der Waals surface area contributed by atoms with E-state index in [2.05, 4.69) is 10.1 Å². The first-order valence-corrected chi connectivity index (χ1v) is 8.68.